The fourth-order valence-electron chi connectivity index (χ4n) is 2.24. The summed E-state index contributed by atoms with van der Waals surface area (Å²) < 4.78 is 19.7. The Kier molecular flexibility index (Phi) is 8.61. The molecule has 1 amide bonds. The first kappa shape index (κ1) is 24.0. The molecule has 1 N–H and O–H groups in total. The lowest BCUT2D eigenvalue weighted by Crippen LogP contribution is -2.60. The van der Waals surface area contributed by atoms with Crippen molar-refractivity contribution in [2.45, 2.75) is 71.4 Å². The number of hydrogen-bond acceptors (Lipinski definition) is 4. The summed E-state index contributed by atoms with van der Waals surface area (Å²) in [6.07, 6.45) is -0.223. The van der Waals surface area contributed by atoms with Crippen LogP contribution in [-0.2, 0) is 12.3 Å². The maximum absolute atomic E-state index is 11.0. The lowest BCUT2D eigenvalue weighted by Gasteiger charge is -2.43. The average molecular weight is 412 g/mol. The number of hydrogen-bond donors (Lipinski definition) is 1. The van der Waals surface area contributed by atoms with Crippen molar-refractivity contribution in [2.75, 3.05) is 13.6 Å². The van der Waals surface area contributed by atoms with Gasteiger partial charge in [0.05, 0.1) is 0 Å². The molecule has 0 saturated heterocycles. The molecule has 0 saturated carbocycles. The molecule has 0 aliphatic rings. The first-order valence-corrected chi connectivity index (χ1v) is 20.6. The van der Waals surface area contributed by atoms with E-state index in [0.29, 0.717) is 19.0 Å². The number of carboxylic acid groups (broad SMARTS) is 1. The van der Waals surface area contributed by atoms with Gasteiger partial charge in [0.2, 0.25) is 0 Å². The van der Waals surface area contributed by atoms with Crippen LogP contribution in [0.2, 0.25) is 65.0 Å². The predicted octanol–water partition coefficient (Wildman–Crippen LogP) is 4.48. The van der Waals surface area contributed by atoms with Gasteiger partial charge in [0.15, 0.2) is 25.0 Å². The van der Waals surface area contributed by atoms with Gasteiger partial charge in [0.25, 0.3) is 0 Å². The van der Waals surface area contributed by atoms with E-state index in [0.717, 1.165) is 0 Å². The van der Waals surface area contributed by atoms with Crippen molar-refractivity contribution in [1.29, 1.82) is 0 Å². The van der Waals surface area contributed by atoms with Crippen LogP contribution in [0.4, 0.5) is 4.79 Å². The van der Waals surface area contributed by atoms with Crippen LogP contribution in [0.5, 0.6) is 0 Å². The highest BCUT2D eigenvalue weighted by molar-refractivity contribution is 6.90. The van der Waals surface area contributed by atoms with E-state index in [1.54, 1.807) is 7.05 Å². The summed E-state index contributed by atoms with van der Waals surface area (Å²) in [4.78, 5) is 12.3. The van der Waals surface area contributed by atoms with E-state index >= 15 is 0 Å². The standard InChI is InChI=1S/C14H37NO5Si4/c1-15(14(16)17)12-11-13-24(18-21(2,3)4,19-22(5,6)7)20-23(8,9)10/h11-13H2,1-10H3,(H,16,17). The van der Waals surface area contributed by atoms with Gasteiger partial charge in [0.1, 0.15) is 0 Å². The first-order chi connectivity index (χ1) is 10.4. The van der Waals surface area contributed by atoms with Crippen molar-refractivity contribution in [3.63, 3.8) is 0 Å². The third kappa shape index (κ3) is 11.6. The van der Waals surface area contributed by atoms with E-state index < -0.39 is 39.8 Å². The van der Waals surface area contributed by atoms with Crippen LogP contribution in [0.3, 0.4) is 0 Å². The normalized spacial score (nSPS) is 13.9. The third-order valence-electron chi connectivity index (χ3n) is 2.69. The molecular formula is C14H37NO5Si4. The summed E-state index contributed by atoms with van der Waals surface area (Å²) in [5, 5.41) is 9.03. The van der Waals surface area contributed by atoms with Gasteiger partial charge < -0.3 is 22.4 Å². The Bertz CT molecular complexity index is 374. The molecular weight excluding hydrogens is 375 g/mol. The Morgan fingerprint density at radius 1 is 0.833 bits per heavy atom. The number of rotatable bonds is 10. The second-order valence-electron chi connectivity index (χ2n) is 9.13. The highest BCUT2D eigenvalue weighted by Gasteiger charge is 2.49. The minimum Gasteiger partial charge on any atom is -0.465 e. The molecule has 0 heterocycles. The van der Waals surface area contributed by atoms with E-state index in [1.165, 1.54) is 4.90 Å². The largest absolute Gasteiger partial charge is 0.469 e. The number of amides is 1. The first-order valence-electron chi connectivity index (χ1n) is 8.49. The van der Waals surface area contributed by atoms with Gasteiger partial charge in [-0.1, -0.05) is 0 Å². The van der Waals surface area contributed by atoms with Gasteiger partial charge in [-0.25, -0.2) is 4.79 Å². The van der Waals surface area contributed by atoms with Crippen LogP contribution in [0.25, 0.3) is 0 Å². The van der Waals surface area contributed by atoms with E-state index in [9.17, 15) is 4.79 Å². The summed E-state index contributed by atoms with van der Waals surface area (Å²) in [6, 6.07) is 0.670. The van der Waals surface area contributed by atoms with Gasteiger partial charge in [-0.2, -0.15) is 0 Å². The van der Waals surface area contributed by atoms with Crippen molar-refractivity contribution in [1.82, 2.24) is 4.90 Å². The van der Waals surface area contributed by atoms with Crippen molar-refractivity contribution < 1.29 is 22.2 Å². The van der Waals surface area contributed by atoms with Gasteiger partial charge in [-0.3, -0.25) is 0 Å². The van der Waals surface area contributed by atoms with Crippen LogP contribution >= 0.6 is 0 Å². The molecule has 144 valence electrons. The summed E-state index contributed by atoms with van der Waals surface area (Å²) in [6.45, 7) is 19.8. The van der Waals surface area contributed by atoms with E-state index in [1.807, 2.05) is 0 Å². The van der Waals surface area contributed by atoms with Crippen molar-refractivity contribution >= 4 is 39.8 Å². The molecule has 0 rings (SSSR count). The van der Waals surface area contributed by atoms with Crippen molar-refractivity contribution in [3.05, 3.63) is 0 Å². The Balaban J connectivity index is 5.42. The lowest BCUT2D eigenvalue weighted by molar-refractivity contribution is 0.155. The molecule has 0 aliphatic carbocycles. The van der Waals surface area contributed by atoms with E-state index in [4.69, 9.17) is 17.5 Å². The molecule has 0 spiro atoms. The second kappa shape index (κ2) is 8.60. The number of nitrogens with zero attached hydrogens (tertiary/aromatic N) is 1. The minimum atomic E-state index is -2.84. The zero-order valence-electron chi connectivity index (χ0n) is 17.1. The second-order valence-corrected chi connectivity index (χ2v) is 26.1. The molecule has 0 aromatic rings. The molecule has 0 aromatic carbocycles. The minimum absolute atomic E-state index is 0.462. The monoisotopic (exact) mass is 411 g/mol. The summed E-state index contributed by atoms with van der Waals surface area (Å²) in [5.74, 6) is 0. The average Bonchev–Trinajstić information content (AvgIpc) is 2.20. The predicted molar refractivity (Wildman–Crippen MR) is 109 cm³/mol. The fraction of sp³-hybridized carbons (Fsp3) is 0.929. The molecule has 0 fully saturated rings. The van der Waals surface area contributed by atoms with Crippen LogP contribution < -0.4 is 0 Å². The zero-order valence-corrected chi connectivity index (χ0v) is 21.1. The van der Waals surface area contributed by atoms with Gasteiger partial charge >= 0.3 is 14.9 Å². The van der Waals surface area contributed by atoms with E-state index in [-0.39, 0.29) is 0 Å². The highest BCUT2D eigenvalue weighted by atomic mass is 28.5. The summed E-state index contributed by atoms with van der Waals surface area (Å²) >= 11 is 0. The molecule has 6 nitrogen and oxygen atoms in total. The van der Waals surface area contributed by atoms with Gasteiger partial charge in [-0.05, 0) is 65.3 Å². The summed E-state index contributed by atoms with van der Waals surface area (Å²) in [7, 11) is -6.85. The molecule has 0 aromatic heterocycles. The van der Waals surface area contributed by atoms with Gasteiger partial charge in [0, 0.05) is 19.6 Å². The quantitative estimate of drug-likeness (QED) is 0.537. The lowest BCUT2D eigenvalue weighted by atomic mass is 10.4. The van der Waals surface area contributed by atoms with Crippen molar-refractivity contribution in [2.24, 2.45) is 0 Å². The smallest absolute Gasteiger partial charge is 0.465 e. The molecule has 0 unspecified atom stereocenters. The van der Waals surface area contributed by atoms with E-state index in [2.05, 4.69) is 58.9 Å². The molecule has 0 bridgehead atoms. The Labute approximate surface area is 152 Å². The maximum atomic E-state index is 11.0. The molecule has 24 heavy (non-hydrogen) atoms. The topological polar surface area (TPSA) is 68.2 Å². The maximum Gasteiger partial charge on any atom is 0.469 e. The van der Waals surface area contributed by atoms with Crippen molar-refractivity contribution in [3.8, 4) is 0 Å². The van der Waals surface area contributed by atoms with Crippen LogP contribution in [0.1, 0.15) is 6.42 Å². The van der Waals surface area contributed by atoms with Crippen LogP contribution in [0, 0.1) is 0 Å². The summed E-state index contributed by atoms with van der Waals surface area (Å²) in [5.41, 5.74) is 0. The Morgan fingerprint density at radius 3 is 1.42 bits per heavy atom. The molecule has 0 atom stereocenters. The molecule has 0 radical (unpaired) electrons. The Hall–Kier alpha value is 0.0175. The van der Waals surface area contributed by atoms with Crippen LogP contribution in [0.15, 0.2) is 0 Å². The molecule has 10 heteroatoms. The Morgan fingerprint density at radius 2 is 1.17 bits per heavy atom. The zero-order chi connectivity index (χ0) is 19.4. The van der Waals surface area contributed by atoms with Gasteiger partial charge in [-0.15, -0.1) is 0 Å². The number of carbonyl (C=O) groups is 1. The highest BCUT2D eigenvalue weighted by Crippen LogP contribution is 2.29. The fourth-order valence-corrected chi connectivity index (χ4v) is 16.9. The van der Waals surface area contributed by atoms with Crippen LogP contribution in [-0.4, -0.2) is 63.4 Å². The SMILES string of the molecule is CN(CCC[Si](O[Si](C)(C)C)(O[Si](C)(C)C)O[Si](C)(C)C)C(=O)O. The third-order valence-corrected chi connectivity index (χ3v) is 14.7. The molecule has 0 aliphatic heterocycles.